The highest BCUT2D eigenvalue weighted by atomic mass is 16.1. The number of rotatable bonds is 2. The monoisotopic (exact) mass is 219 g/mol. The molecule has 0 fully saturated rings. The maximum Gasteiger partial charge on any atom is 0.259 e. The van der Waals surface area contributed by atoms with Crippen molar-refractivity contribution in [1.29, 1.82) is 0 Å². The van der Waals surface area contributed by atoms with Gasteiger partial charge in [-0.25, -0.2) is 0 Å². The molecule has 0 aliphatic rings. The van der Waals surface area contributed by atoms with Gasteiger partial charge in [0.25, 0.3) is 5.56 Å². The summed E-state index contributed by atoms with van der Waals surface area (Å²) in [6.07, 6.45) is 1.64. The molecule has 0 aliphatic heterocycles. The molecule has 86 valence electrons. The Balaban J connectivity index is 2.76. The molecule has 0 atom stereocenters. The number of aromatic nitrogens is 3. The van der Waals surface area contributed by atoms with E-state index in [1.54, 1.807) is 6.20 Å². The lowest BCUT2D eigenvalue weighted by atomic mass is 10.1. The van der Waals surface area contributed by atoms with Crippen LogP contribution >= 0.6 is 0 Å². The van der Waals surface area contributed by atoms with Crippen LogP contribution in [0.25, 0.3) is 10.9 Å². The summed E-state index contributed by atoms with van der Waals surface area (Å²) in [4.78, 5) is 14.7. The molecule has 0 saturated carbocycles. The number of H-pyrrole nitrogens is 1. The molecule has 0 unspecified atom stereocenters. The lowest BCUT2D eigenvalue weighted by Gasteiger charge is -2.09. The SMILES string of the molecule is CC(C)c1cc2c(cnn2C(C)C)c(=O)[nH]1. The Morgan fingerprint density at radius 1 is 1.31 bits per heavy atom. The Morgan fingerprint density at radius 2 is 2.00 bits per heavy atom. The fourth-order valence-electron chi connectivity index (χ4n) is 1.79. The van der Waals surface area contributed by atoms with Gasteiger partial charge < -0.3 is 4.98 Å². The van der Waals surface area contributed by atoms with Crippen molar-refractivity contribution in [2.45, 2.75) is 39.7 Å². The van der Waals surface area contributed by atoms with Gasteiger partial charge in [-0.3, -0.25) is 9.48 Å². The van der Waals surface area contributed by atoms with Gasteiger partial charge in [-0.1, -0.05) is 13.8 Å². The Bertz CT molecular complexity index is 563. The smallest absolute Gasteiger partial charge is 0.259 e. The molecule has 2 aromatic rings. The first-order valence-corrected chi connectivity index (χ1v) is 5.61. The minimum atomic E-state index is -0.0481. The van der Waals surface area contributed by atoms with Crippen molar-refractivity contribution >= 4 is 10.9 Å². The predicted octanol–water partition coefficient (Wildman–Crippen LogP) is 2.43. The molecule has 0 bridgehead atoms. The summed E-state index contributed by atoms with van der Waals surface area (Å²) in [5.41, 5.74) is 1.83. The molecule has 2 heterocycles. The summed E-state index contributed by atoms with van der Waals surface area (Å²) in [5.74, 6) is 0.313. The van der Waals surface area contributed by atoms with Crippen LogP contribution in [-0.2, 0) is 0 Å². The third kappa shape index (κ3) is 1.64. The number of hydrogen-bond acceptors (Lipinski definition) is 2. The van der Waals surface area contributed by atoms with E-state index in [4.69, 9.17) is 0 Å². The molecule has 0 aliphatic carbocycles. The number of nitrogens with one attached hydrogen (secondary N) is 1. The topological polar surface area (TPSA) is 50.7 Å². The molecule has 2 aromatic heterocycles. The number of nitrogens with zero attached hydrogens (tertiary/aromatic N) is 2. The summed E-state index contributed by atoms with van der Waals surface area (Å²) in [6, 6.07) is 2.29. The third-order valence-corrected chi connectivity index (χ3v) is 2.74. The number of pyridine rings is 1. The minimum absolute atomic E-state index is 0.0481. The molecule has 2 rings (SSSR count). The van der Waals surface area contributed by atoms with Crippen LogP contribution in [0.1, 0.15) is 45.3 Å². The van der Waals surface area contributed by atoms with Gasteiger partial charge in [0.05, 0.1) is 17.1 Å². The lowest BCUT2D eigenvalue weighted by molar-refractivity contribution is 0.550. The van der Waals surface area contributed by atoms with Crippen molar-refractivity contribution in [3.8, 4) is 0 Å². The highest BCUT2D eigenvalue weighted by Crippen LogP contribution is 2.18. The Kier molecular flexibility index (Phi) is 2.58. The first-order valence-electron chi connectivity index (χ1n) is 5.61. The standard InChI is InChI=1S/C12H17N3O/c1-7(2)10-5-11-9(12(16)14-10)6-13-15(11)8(3)4/h5-8H,1-4H3,(H,14,16). The van der Waals surface area contributed by atoms with Crippen molar-refractivity contribution in [3.63, 3.8) is 0 Å². The average Bonchev–Trinajstić information content (AvgIpc) is 2.61. The normalized spacial score (nSPS) is 11.9. The van der Waals surface area contributed by atoms with Crippen LogP contribution in [0.3, 0.4) is 0 Å². The van der Waals surface area contributed by atoms with Gasteiger partial charge in [0.2, 0.25) is 0 Å². The first kappa shape index (κ1) is 10.9. The predicted molar refractivity (Wildman–Crippen MR) is 64.8 cm³/mol. The second-order valence-electron chi connectivity index (χ2n) is 4.69. The van der Waals surface area contributed by atoms with Crippen molar-refractivity contribution < 1.29 is 0 Å². The van der Waals surface area contributed by atoms with Crippen LogP contribution in [0.15, 0.2) is 17.1 Å². The largest absolute Gasteiger partial charge is 0.325 e. The second kappa shape index (κ2) is 3.77. The van der Waals surface area contributed by atoms with Gasteiger partial charge in [0.15, 0.2) is 0 Å². The molecule has 0 aromatic carbocycles. The maximum absolute atomic E-state index is 11.8. The zero-order chi connectivity index (χ0) is 11.9. The summed E-state index contributed by atoms with van der Waals surface area (Å²) in [7, 11) is 0. The molecule has 16 heavy (non-hydrogen) atoms. The van der Waals surface area contributed by atoms with E-state index in [-0.39, 0.29) is 11.6 Å². The number of aromatic amines is 1. The fourth-order valence-corrected chi connectivity index (χ4v) is 1.79. The van der Waals surface area contributed by atoms with Crippen LogP contribution < -0.4 is 5.56 Å². The summed E-state index contributed by atoms with van der Waals surface area (Å²) in [6.45, 7) is 8.24. The molecule has 0 radical (unpaired) electrons. The van der Waals surface area contributed by atoms with Gasteiger partial charge in [-0.15, -0.1) is 0 Å². The summed E-state index contributed by atoms with van der Waals surface area (Å²) < 4.78 is 1.89. The molecular formula is C12H17N3O. The molecular weight excluding hydrogens is 202 g/mol. The Morgan fingerprint density at radius 3 is 2.56 bits per heavy atom. The lowest BCUT2D eigenvalue weighted by Crippen LogP contribution is -2.11. The van der Waals surface area contributed by atoms with Crippen LogP contribution in [0, 0.1) is 0 Å². The van der Waals surface area contributed by atoms with E-state index in [0.29, 0.717) is 11.3 Å². The molecule has 0 spiro atoms. The summed E-state index contributed by atoms with van der Waals surface area (Å²) in [5, 5.41) is 4.92. The van der Waals surface area contributed by atoms with Gasteiger partial charge in [0, 0.05) is 11.7 Å². The van der Waals surface area contributed by atoms with E-state index in [1.807, 2.05) is 10.7 Å². The van der Waals surface area contributed by atoms with E-state index in [2.05, 4.69) is 37.8 Å². The second-order valence-corrected chi connectivity index (χ2v) is 4.69. The van der Waals surface area contributed by atoms with E-state index in [9.17, 15) is 4.79 Å². The maximum atomic E-state index is 11.8. The van der Waals surface area contributed by atoms with E-state index >= 15 is 0 Å². The van der Waals surface area contributed by atoms with Crippen LogP contribution in [0.2, 0.25) is 0 Å². The molecule has 0 saturated heterocycles. The molecule has 0 amide bonds. The molecule has 4 heteroatoms. The van der Waals surface area contributed by atoms with Crippen LogP contribution in [0.5, 0.6) is 0 Å². The van der Waals surface area contributed by atoms with Crippen molar-refractivity contribution in [2.24, 2.45) is 0 Å². The van der Waals surface area contributed by atoms with E-state index in [1.165, 1.54) is 0 Å². The Labute approximate surface area is 94.3 Å². The van der Waals surface area contributed by atoms with Crippen LogP contribution in [-0.4, -0.2) is 14.8 Å². The summed E-state index contributed by atoms with van der Waals surface area (Å²) >= 11 is 0. The van der Waals surface area contributed by atoms with E-state index in [0.717, 1.165) is 11.2 Å². The average molecular weight is 219 g/mol. The minimum Gasteiger partial charge on any atom is -0.325 e. The van der Waals surface area contributed by atoms with Gasteiger partial charge >= 0.3 is 0 Å². The van der Waals surface area contributed by atoms with Gasteiger partial charge in [-0.2, -0.15) is 5.10 Å². The van der Waals surface area contributed by atoms with Crippen LogP contribution in [0.4, 0.5) is 0 Å². The highest BCUT2D eigenvalue weighted by molar-refractivity contribution is 5.78. The zero-order valence-corrected chi connectivity index (χ0v) is 10.1. The van der Waals surface area contributed by atoms with Crippen molar-refractivity contribution in [2.75, 3.05) is 0 Å². The quantitative estimate of drug-likeness (QED) is 0.843. The third-order valence-electron chi connectivity index (χ3n) is 2.74. The zero-order valence-electron chi connectivity index (χ0n) is 10.1. The molecule has 1 N–H and O–H groups in total. The highest BCUT2D eigenvalue weighted by Gasteiger charge is 2.11. The van der Waals surface area contributed by atoms with Gasteiger partial charge in [0.1, 0.15) is 0 Å². The number of hydrogen-bond donors (Lipinski definition) is 1. The number of fused-ring (bicyclic) bond motifs is 1. The van der Waals surface area contributed by atoms with E-state index < -0.39 is 0 Å². The fraction of sp³-hybridized carbons (Fsp3) is 0.500. The van der Waals surface area contributed by atoms with Crippen molar-refractivity contribution in [1.82, 2.24) is 14.8 Å². The Hall–Kier alpha value is -1.58. The van der Waals surface area contributed by atoms with Gasteiger partial charge in [-0.05, 0) is 25.8 Å². The van der Waals surface area contributed by atoms with Crippen molar-refractivity contribution in [3.05, 3.63) is 28.3 Å². The molecule has 4 nitrogen and oxygen atoms in total. The first-order chi connectivity index (χ1) is 7.50.